The molecule has 6 N–H and O–H groups in total. The van der Waals surface area contributed by atoms with E-state index >= 15 is 0 Å². The zero-order chi connectivity index (χ0) is 40.4. The lowest BCUT2D eigenvalue weighted by molar-refractivity contribution is -0.194. The molecule has 3 atom stereocenters. The lowest BCUT2D eigenvalue weighted by Gasteiger charge is -2.39. The molecule has 0 rings (SSSR count). The number of ketones is 4. The number of hydrogen-bond acceptors (Lipinski definition) is 10. The summed E-state index contributed by atoms with van der Waals surface area (Å²) in [5.41, 5.74) is -5.68. The first-order chi connectivity index (χ1) is 25.4. The molecule has 10 nitrogen and oxygen atoms in total. The Kier molecular flexibility index (Phi) is 35.3. The predicted molar refractivity (Wildman–Crippen MR) is 213 cm³/mol. The van der Waals surface area contributed by atoms with E-state index in [0.29, 0.717) is 19.3 Å². The molecule has 10 heteroatoms. The summed E-state index contributed by atoms with van der Waals surface area (Å²) in [6.07, 6.45) is 22.0. The van der Waals surface area contributed by atoms with Crippen LogP contribution in [-0.4, -0.2) is 90.4 Å². The van der Waals surface area contributed by atoms with Gasteiger partial charge in [0.25, 0.3) is 0 Å². The number of hydrogen-bond donors (Lipinski definition) is 6. The Morgan fingerprint density at radius 1 is 0.434 bits per heavy atom. The van der Waals surface area contributed by atoms with Crippen LogP contribution in [0.2, 0.25) is 0 Å². The second kappa shape index (κ2) is 34.9. The standard InChI is InChI=1S/C27H50O6.C16H32O4/c1-4-7-10-13-16-19-23(29)26(32,22-28)27(33,24(30)20-17-14-11-8-5-2)25(31)21-18-15-12-9-6-3;1-2-3-4-5-6-7-8-9-10-11-12-14(18)16(20)15(19)13-17/h28,32-33H,4-22H2,1-3H3;15-17,19-20H,2-13H2,1H3. The Balaban J connectivity index is 0. The quantitative estimate of drug-likeness (QED) is 0.0269. The van der Waals surface area contributed by atoms with Gasteiger partial charge in [0.15, 0.2) is 28.7 Å². The highest BCUT2D eigenvalue weighted by molar-refractivity contribution is 6.16. The lowest BCUT2D eigenvalue weighted by atomic mass is 9.71. The number of Topliss-reactive ketones (excluding diaryl/α,β-unsaturated/α-hetero) is 4. The van der Waals surface area contributed by atoms with Crippen LogP contribution in [0.25, 0.3) is 0 Å². The molecule has 3 unspecified atom stereocenters. The summed E-state index contributed by atoms with van der Waals surface area (Å²) < 4.78 is 0. The van der Waals surface area contributed by atoms with Gasteiger partial charge in [-0.3, -0.25) is 19.2 Å². The maximum absolute atomic E-state index is 13.1. The summed E-state index contributed by atoms with van der Waals surface area (Å²) in [6, 6.07) is 0. The van der Waals surface area contributed by atoms with E-state index in [-0.39, 0.29) is 31.5 Å². The van der Waals surface area contributed by atoms with Gasteiger partial charge < -0.3 is 30.6 Å². The molecule has 0 radical (unpaired) electrons. The maximum Gasteiger partial charge on any atom is 0.219 e. The average molecular weight is 759 g/mol. The van der Waals surface area contributed by atoms with Crippen LogP contribution in [0.15, 0.2) is 0 Å². The van der Waals surface area contributed by atoms with E-state index in [1.807, 2.05) is 0 Å². The third-order valence-corrected chi connectivity index (χ3v) is 10.3. The van der Waals surface area contributed by atoms with Crippen molar-refractivity contribution in [1.82, 2.24) is 0 Å². The molecule has 0 saturated heterocycles. The van der Waals surface area contributed by atoms with Crippen LogP contribution in [-0.2, 0) is 19.2 Å². The molecule has 0 fully saturated rings. The third-order valence-electron chi connectivity index (χ3n) is 10.3. The lowest BCUT2D eigenvalue weighted by Crippen LogP contribution is -2.69. The fourth-order valence-electron chi connectivity index (χ4n) is 6.51. The molecule has 0 aromatic carbocycles. The van der Waals surface area contributed by atoms with Gasteiger partial charge in [-0.1, -0.05) is 163 Å². The SMILES string of the molecule is CCCCCCCC(=O)C(O)(CO)C(O)(C(=O)CCCCCCC)C(=O)CCCCCCC.CCCCCCCCCCCCC(=O)C(O)C(O)CO. The van der Waals surface area contributed by atoms with Crippen molar-refractivity contribution in [3.8, 4) is 0 Å². The van der Waals surface area contributed by atoms with Crippen LogP contribution in [0.1, 0.15) is 214 Å². The first kappa shape index (κ1) is 53.5. The van der Waals surface area contributed by atoms with Crippen molar-refractivity contribution >= 4 is 23.1 Å². The largest absolute Gasteiger partial charge is 0.394 e. The fraction of sp³-hybridized carbons (Fsp3) is 0.907. The summed E-state index contributed by atoms with van der Waals surface area (Å²) in [6.45, 7) is 6.73. The summed E-state index contributed by atoms with van der Waals surface area (Å²) in [5, 5.41) is 59.6. The molecule has 53 heavy (non-hydrogen) atoms. The average Bonchev–Trinajstić information content (AvgIpc) is 3.16. The van der Waals surface area contributed by atoms with E-state index in [1.54, 1.807) is 0 Å². The molecule has 0 heterocycles. The molecular weight excluding hydrogens is 676 g/mol. The molecule has 0 saturated carbocycles. The molecular formula is C43H82O10. The minimum atomic E-state index is -2.89. The summed E-state index contributed by atoms with van der Waals surface area (Å²) in [7, 11) is 0. The Morgan fingerprint density at radius 3 is 1.02 bits per heavy atom. The van der Waals surface area contributed by atoms with E-state index in [1.165, 1.54) is 44.9 Å². The highest BCUT2D eigenvalue weighted by Gasteiger charge is 2.62. The number of unbranched alkanes of at least 4 members (excludes halogenated alkanes) is 21. The molecule has 314 valence electrons. The predicted octanol–water partition coefficient (Wildman–Crippen LogP) is 7.81. The Morgan fingerprint density at radius 2 is 0.717 bits per heavy atom. The molecule has 0 spiro atoms. The van der Waals surface area contributed by atoms with Crippen molar-refractivity contribution in [2.24, 2.45) is 0 Å². The Labute approximate surface area is 322 Å². The Bertz CT molecular complexity index is 897. The van der Waals surface area contributed by atoms with Crippen molar-refractivity contribution in [2.45, 2.75) is 237 Å². The number of carbonyl (C=O) groups excluding carboxylic acids is 4. The van der Waals surface area contributed by atoms with Gasteiger partial charge in [-0.05, 0) is 25.7 Å². The van der Waals surface area contributed by atoms with Crippen molar-refractivity contribution < 1.29 is 49.8 Å². The van der Waals surface area contributed by atoms with Gasteiger partial charge in [0.05, 0.1) is 13.2 Å². The number of aliphatic hydroxyl groups is 6. The van der Waals surface area contributed by atoms with Gasteiger partial charge in [0, 0.05) is 25.7 Å². The van der Waals surface area contributed by atoms with Gasteiger partial charge in [0.2, 0.25) is 5.60 Å². The van der Waals surface area contributed by atoms with Gasteiger partial charge in [-0.15, -0.1) is 0 Å². The van der Waals surface area contributed by atoms with Gasteiger partial charge >= 0.3 is 0 Å². The second-order valence-electron chi connectivity index (χ2n) is 15.1. The van der Waals surface area contributed by atoms with Crippen LogP contribution in [0.5, 0.6) is 0 Å². The van der Waals surface area contributed by atoms with Crippen LogP contribution in [0.3, 0.4) is 0 Å². The highest BCUT2D eigenvalue weighted by atomic mass is 16.4. The summed E-state index contributed by atoms with van der Waals surface area (Å²) in [5.74, 6) is -2.91. The van der Waals surface area contributed by atoms with E-state index in [2.05, 4.69) is 27.7 Å². The van der Waals surface area contributed by atoms with E-state index in [9.17, 15) is 39.6 Å². The monoisotopic (exact) mass is 759 g/mol. The zero-order valence-electron chi connectivity index (χ0n) is 34.4. The molecule has 0 aliphatic rings. The molecule has 0 aliphatic carbocycles. The van der Waals surface area contributed by atoms with Gasteiger partial charge in [-0.2, -0.15) is 0 Å². The molecule has 0 aromatic heterocycles. The molecule has 0 amide bonds. The van der Waals surface area contributed by atoms with Gasteiger partial charge in [-0.25, -0.2) is 0 Å². The smallest absolute Gasteiger partial charge is 0.219 e. The van der Waals surface area contributed by atoms with Crippen LogP contribution in [0.4, 0.5) is 0 Å². The van der Waals surface area contributed by atoms with Crippen molar-refractivity contribution in [2.75, 3.05) is 13.2 Å². The van der Waals surface area contributed by atoms with Crippen LogP contribution in [0, 0.1) is 0 Å². The molecule has 0 bridgehead atoms. The first-order valence-corrected chi connectivity index (χ1v) is 21.5. The molecule has 0 aromatic rings. The minimum absolute atomic E-state index is 0.0867. The number of aliphatic hydroxyl groups excluding tert-OH is 4. The zero-order valence-corrected chi connectivity index (χ0v) is 34.4. The van der Waals surface area contributed by atoms with Crippen molar-refractivity contribution in [1.29, 1.82) is 0 Å². The fourth-order valence-corrected chi connectivity index (χ4v) is 6.51. The topological polar surface area (TPSA) is 190 Å². The van der Waals surface area contributed by atoms with Crippen molar-refractivity contribution in [3.05, 3.63) is 0 Å². The maximum atomic E-state index is 13.1. The Hall–Kier alpha value is -1.56. The van der Waals surface area contributed by atoms with E-state index in [4.69, 9.17) is 10.2 Å². The second-order valence-corrected chi connectivity index (χ2v) is 15.1. The number of rotatable bonds is 37. The molecule has 0 aliphatic heterocycles. The number of carbonyl (C=O) groups is 4. The van der Waals surface area contributed by atoms with E-state index in [0.717, 1.165) is 96.3 Å². The van der Waals surface area contributed by atoms with Gasteiger partial charge in [0.1, 0.15) is 12.2 Å². The highest BCUT2D eigenvalue weighted by Crippen LogP contribution is 2.32. The first-order valence-electron chi connectivity index (χ1n) is 21.5. The normalized spacial score (nSPS) is 13.8. The van der Waals surface area contributed by atoms with Crippen LogP contribution < -0.4 is 0 Å². The summed E-state index contributed by atoms with van der Waals surface area (Å²) in [4.78, 5) is 50.6. The van der Waals surface area contributed by atoms with E-state index < -0.39 is 54.0 Å². The van der Waals surface area contributed by atoms with Crippen LogP contribution >= 0.6 is 0 Å². The van der Waals surface area contributed by atoms with Crippen molar-refractivity contribution in [3.63, 3.8) is 0 Å². The minimum Gasteiger partial charge on any atom is -0.394 e. The summed E-state index contributed by atoms with van der Waals surface area (Å²) >= 11 is 0. The third kappa shape index (κ3) is 23.2.